The standard InChI is InChI=1S/C14H28N4/c1-13(16,11-15)7-6-10-18(4)12-14(17(2)3)8-5-9-14/h5-10,12,16H2,1-4H3. The van der Waals surface area contributed by atoms with Gasteiger partial charge in [0.05, 0.1) is 6.07 Å². The molecule has 0 aromatic carbocycles. The summed E-state index contributed by atoms with van der Waals surface area (Å²) in [5, 5.41) is 8.87. The van der Waals surface area contributed by atoms with Crippen LogP contribution < -0.4 is 5.73 Å². The molecule has 0 bridgehead atoms. The zero-order chi connectivity index (χ0) is 13.8. The van der Waals surface area contributed by atoms with Crippen molar-refractivity contribution in [3.8, 4) is 6.07 Å². The molecule has 0 saturated heterocycles. The highest BCUT2D eigenvalue weighted by molar-refractivity contribution is 5.01. The molecule has 2 N–H and O–H groups in total. The predicted molar refractivity (Wildman–Crippen MR) is 75.2 cm³/mol. The van der Waals surface area contributed by atoms with Gasteiger partial charge in [0.1, 0.15) is 5.54 Å². The van der Waals surface area contributed by atoms with Gasteiger partial charge in [0, 0.05) is 12.1 Å². The van der Waals surface area contributed by atoms with Crippen LogP contribution in [0.2, 0.25) is 0 Å². The van der Waals surface area contributed by atoms with Crippen LogP contribution in [0.4, 0.5) is 0 Å². The third kappa shape index (κ3) is 3.94. The van der Waals surface area contributed by atoms with Crippen LogP contribution in [0, 0.1) is 11.3 Å². The second kappa shape index (κ2) is 6.01. The van der Waals surface area contributed by atoms with Crippen LogP contribution in [0.3, 0.4) is 0 Å². The highest BCUT2D eigenvalue weighted by atomic mass is 15.2. The summed E-state index contributed by atoms with van der Waals surface area (Å²) in [6.45, 7) is 3.94. The van der Waals surface area contributed by atoms with Gasteiger partial charge in [-0.1, -0.05) is 0 Å². The lowest BCUT2D eigenvalue weighted by atomic mass is 9.75. The van der Waals surface area contributed by atoms with E-state index in [0.29, 0.717) is 5.54 Å². The molecule has 1 aliphatic carbocycles. The normalized spacial score (nSPS) is 21.4. The molecule has 18 heavy (non-hydrogen) atoms. The minimum Gasteiger partial charge on any atom is -0.314 e. The maximum Gasteiger partial charge on any atom is 0.101 e. The molecule has 1 atom stereocenters. The molecule has 0 spiro atoms. The Bertz CT molecular complexity index is 299. The van der Waals surface area contributed by atoms with Crippen LogP contribution in [0.15, 0.2) is 0 Å². The van der Waals surface area contributed by atoms with Crippen molar-refractivity contribution in [1.29, 1.82) is 5.26 Å². The van der Waals surface area contributed by atoms with Gasteiger partial charge in [0.15, 0.2) is 0 Å². The van der Waals surface area contributed by atoms with Crippen molar-refractivity contribution < 1.29 is 0 Å². The van der Waals surface area contributed by atoms with E-state index in [1.54, 1.807) is 6.92 Å². The predicted octanol–water partition coefficient (Wildman–Crippen LogP) is 1.42. The van der Waals surface area contributed by atoms with Crippen LogP contribution in [-0.4, -0.2) is 55.1 Å². The first-order valence-electron chi connectivity index (χ1n) is 6.87. The van der Waals surface area contributed by atoms with Crippen LogP contribution in [0.5, 0.6) is 0 Å². The number of rotatable bonds is 7. The Morgan fingerprint density at radius 1 is 1.33 bits per heavy atom. The fraction of sp³-hybridized carbons (Fsp3) is 0.929. The Morgan fingerprint density at radius 2 is 1.94 bits per heavy atom. The zero-order valence-electron chi connectivity index (χ0n) is 12.4. The molecule has 1 rings (SSSR count). The first kappa shape index (κ1) is 15.4. The van der Waals surface area contributed by atoms with Crippen molar-refractivity contribution in [1.82, 2.24) is 9.80 Å². The zero-order valence-corrected chi connectivity index (χ0v) is 12.4. The Morgan fingerprint density at radius 3 is 2.33 bits per heavy atom. The molecule has 0 amide bonds. The molecule has 1 unspecified atom stereocenters. The molecule has 0 aromatic rings. The van der Waals surface area contributed by atoms with E-state index in [9.17, 15) is 0 Å². The van der Waals surface area contributed by atoms with Gasteiger partial charge in [-0.15, -0.1) is 0 Å². The Hall–Kier alpha value is -0.630. The Balaban J connectivity index is 2.30. The van der Waals surface area contributed by atoms with Crippen LogP contribution in [0.1, 0.15) is 39.0 Å². The van der Waals surface area contributed by atoms with Gasteiger partial charge in [-0.25, -0.2) is 0 Å². The number of nitriles is 1. The average molecular weight is 252 g/mol. The van der Waals surface area contributed by atoms with Gasteiger partial charge in [-0.05, 0) is 66.7 Å². The van der Waals surface area contributed by atoms with E-state index in [1.165, 1.54) is 19.3 Å². The number of hydrogen-bond donors (Lipinski definition) is 1. The topological polar surface area (TPSA) is 56.3 Å². The molecule has 1 saturated carbocycles. The Kier molecular flexibility index (Phi) is 5.15. The summed E-state index contributed by atoms with van der Waals surface area (Å²) in [7, 11) is 6.53. The van der Waals surface area contributed by atoms with Crippen molar-refractivity contribution in [2.24, 2.45) is 5.73 Å². The van der Waals surface area contributed by atoms with Crippen molar-refractivity contribution in [3.63, 3.8) is 0 Å². The van der Waals surface area contributed by atoms with Gasteiger partial charge < -0.3 is 15.5 Å². The molecule has 4 heteroatoms. The summed E-state index contributed by atoms with van der Waals surface area (Å²) >= 11 is 0. The van der Waals surface area contributed by atoms with Crippen LogP contribution in [-0.2, 0) is 0 Å². The lowest BCUT2D eigenvalue weighted by molar-refractivity contribution is 0.0273. The fourth-order valence-electron chi connectivity index (χ4n) is 2.69. The maximum absolute atomic E-state index is 8.87. The summed E-state index contributed by atoms with van der Waals surface area (Å²) < 4.78 is 0. The average Bonchev–Trinajstić information content (AvgIpc) is 2.22. The van der Waals surface area contributed by atoms with Gasteiger partial charge in [0.25, 0.3) is 0 Å². The minimum atomic E-state index is -0.670. The molecule has 0 aromatic heterocycles. The molecule has 0 heterocycles. The fourth-order valence-corrected chi connectivity index (χ4v) is 2.69. The van der Waals surface area contributed by atoms with Crippen molar-refractivity contribution in [2.45, 2.75) is 50.1 Å². The second-order valence-corrected chi connectivity index (χ2v) is 6.34. The maximum atomic E-state index is 8.87. The van der Waals surface area contributed by atoms with E-state index in [4.69, 9.17) is 11.0 Å². The van der Waals surface area contributed by atoms with E-state index in [-0.39, 0.29) is 0 Å². The summed E-state index contributed by atoms with van der Waals surface area (Å²) in [6, 6.07) is 2.15. The van der Waals surface area contributed by atoms with Crippen molar-refractivity contribution in [2.75, 3.05) is 34.2 Å². The molecular formula is C14H28N4. The highest BCUT2D eigenvalue weighted by Gasteiger charge is 2.39. The first-order valence-corrected chi connectivity index (χ1v) is 6.87. The van der Waals surface area contributed by atoms with Crippen LogP contribution in [0.25, 0.3) is 0 Å². The summed E-state index contributed by atoms with van der Waals surface area (Å²) in [6.07, 6.45) is 5.71. The van der Waals surface area contributed by atoms with E-state index in [0.717, 1.165) is 25.9 Å². The molecule has 0 aliphatic heterocycles. The SMILES string of the molecule is CN(CCCC(C)(N)C#N)CC1(N(C)C)CCC1. The molecule has 0 radical (unpaired) electrons. The van der Waals surface area contributed by atoms with Gasteiger partial charge in [0.2, 0.25) is 0 Å². The van der Waals surface area contributed by atoms with E-state index >= 15 is 0 Å². The molecule has 1 aliphatic rings. The summed E-state index contributed by atoms with van der Waals surface area (Å²) in [5.41, 5.74) is 5.54. The third-order valence-corrected chi connectivity index (χ3v) is 4.29. The van der Waals surface area contributed by atoms with Crippen LogP contribution >= 0.6 is 0 Å². The summed E-state index contributed by atoms with van der Waals surface area (Å²) in [4.78, 5) is 4.75. The molecular weight excluding hydrogens is 224 g/mol. The Labute approximate surface area is 112 Å². The quantitative estimate of drug-likeness (QED) is 0.744. The van der Waals surface area contributed by atoms with E-state index in [2.05, 4.69) is 37.0 Å². The number of nitrogens with two attached hydrogens (primary N) is 1. The summed E-state index contributed by atoms with van der Waals surface area (Å²) in [5.74, 6) is 0. The lowest BCUT2D eigenvalue weighted by Crippen LogP contribution is -2.56. The molecule has 104 valence electrons. The van der Waals surface area contributed by atoms with Crippen molar-refractivity contribution in [3.05, 3.63) is 0 Å². The van der Waals surface area contributed by atoms with E-state index in [1.807, 2.05) is 0 Å². The number of likely N-dealkylation sites (N-methyl/N-ethyl adjacent to an activating group) is 2. The smallest absolute Gasteiger partial charge is 0.101 e. The van der Waals surface area contributed by atoms with Gasteiger partial charge in [-0.3, -0.25) is 0 Å². The first-order chi connectivity index (χ1) is 8.31. The minimum absolute atomic E-state index is 0.385. The monoisotopic (exact) mass is 252 g/mol. The number of nitrogens with zero attached hydrogens (tertiary/aromatic N) is 3. The molecule has 4 nitrogen and oxygen atoms in total. The van der Waals surface area contributed by atoms with Gasteiger partial charge in [-0.2, -0.15) is 5.26 Å². The second-order valence-electron chi connectivity index (χ2n) is 6.34. The third-order valence-electron chi connectivity index (χ3n) is 4.29. The highest BCUT2D eigenvalue weighted by Crippen LogP contribution is 2.36. The van der Waals surface area contributed by atoms with E-state index < -0.39 is 5.54 Å². The molecule has 1 fully saturated rings. The number of hydrogen-bond acceptors (Lipinski definition) is 4. The van der Waals surface area contributed by atoms with Gasteiger partial charge >= 0.3 is 0 Å². The van der Waals surface area contributed by atoms with Crippen molar-refractivity contribution >= 4 is 0 Å². The largest absolute Gasteiger partial charge is 0.314 e. The lowest BCUT2D eigenvalue weighted by Gasteiger charge is -2.49.